The Labute approximate surface area is 239 Å². The van der Waals surface area contributed by atoms with Gasteiger partial charge in [0.2, 0.25) is 0 Å². The first kappa shape index (κ1) is 26.2. The number of fused-ring (bicyclic) bond motifs is 3. The van der Waals surface area contributed by atoms with Gasteiger partial charge < -0.3 is 33.2 Å². The van der Waals surface area contributed by atoms with Crippen molar-refractivity contribution < 1.29 is 33.2 Å². The summed E-state index contributed by atoms with van der Waals surface area (Å²) in [5, 5.41) is 0. The zero-order valence-corrected chi connectivity index (χ0v) is 22.7. The maximum atomic E-state index is 5.96. The predicted molar refractivity (Wildman–Crippen MR) is 152 cm³/mol. The molecule has 2 aliphatic heterocycles. The summed E-state index contributed by atoms with van der Waals surface area (Å²) < 4.78 is 38.3. The van der Waals surface area contributed by atoms with Crippen molar-refractivity contribution in [2.75, 3.05) is 46.4 Å². The molecule has 2 fully saturated rings. The zero-order chi connectivity index (χ0) is 27.5. The summed E-state index contributed by atoms with van der Waals surface area (Å²) in [4.78, 5) is 0. The van der Waals surface area contributed by atoms with Gasteiger partial charge in [0, 0.05) is 0 Å². The fourth-order valence-electron chi connectivity index (χ4n) is 5.64. The molecule has 2 heterocycles. The van der Waals surface area contributed by atoms with Crippen LogP contribution in [-0.2, 0) is 29.1 Å². The van der Waals surface area contributed by atoms with Gasteiger partial charge in [-0.05, 0) is 57.6 Å². The lowest BCUT2D eigenvalue weighted by Gasteiger charge is -2.34. The molecule has 7 nitrogen and oxygen atoms in total. The van der Waals surface area contributed by atoms with Gasteiger partial charge in [0.05, 0.1) is 18.6 Å². The Kier molecular flexibility index (Phi) is 7.44. The summed E-state index contributed by atoms with van der Waals surface area (Å²) in [5.41, 5.74) is 6.87. The third-order valence-electron chi connectivity index (χ3n) is 7.62. The molecule has 4 aromatic rings. The average molecular weight is 553 g/mol. The van der Waals surface area contributed by atoms with Gasteiger partial charge in [-0.1, -0.05) is 72.8 Å². The van der Waals surface area contributed by atoms with Crippen LogP contribution in [0.15, 0.2) is 97.1 Å². The Morgan fingerprint density at radius 1 is 0.561 bits per heavy atom. The topological polar surface area (TPSA) is 71.2 Å². The molecule has 7 heteroatoms. The van der Waals surface area contributed by atoms with Crippen LogP contribution in [-0.4, -0.2) is 59.0 Å². The molecule has 4 aromatic carbocycles. The van der Waals surface area contributed by atoms with E-state index >= 15 is 0 Å². The Balaban J connectivity index is 1.16. The Bertz CT molecular complexity index is 1410. The lowest BCUT2D eigenvalue weighted by Crippen LogP contribution is -2.28. The largest absolute Gasteiger partial charge is 0.491 e. The second-order valence-corrected chi connectivity index (χ2v) is 10.2. The molecule has 0 saturated carbocycles. The quantitative estimate of drug-likeness (QED) is 0.102. The van der Waals surface area contributed by atoms with E-state index in [1.165, 1.54) is 33.4 Å². The molecule has 0 radical (unpaired) electrons. The van der Waals surface area contributed by atoms with Crippen LogP contribution >= 0.6 is 0 Å². The van der Waals surface area contributed by atoms with Crippen molar-refractivity contribution in [1.29, 1.82) is 0 Å². The first-order chi connectivity index (χ1) is 20.3. The van der Waals surface area contributed by atoms with Gasteiger partial charge in [-0.25, -0.2) is 0 Å². The minimum atomic E-state index is -0.484. The van der Waals surface area contributed by atoms with Crippen LogP contribution in [0.25, 0.3) is 11.1 Å². The Morgan fingerprint density at radius 2 is 1.05 bits per heavy atom. The number of benzene rings is 4. The van der Waals surface area contributed by atoms with Gasteiger partial charge in [-0.2, -0.15) is 0 Å². The molecule has 0 spiro atoms. The van der Waals surface area contributed by atoms with E-state index in [2.05, 4.69) is 72.8 Å². The van der Waals surface area contributed by atoms with Crippen LogP contribution < -0.4 is 9.47 Å². The maximum absolute atomic E-state index is 5.96. The lowest BCUT2D eigenvalue weighted by atomic mass is 9.68. The third kappa shape index (κ3) is 5.47. The fraction of sp³-hybridized carbons (Fsp3) is 0.294. The minimum Gasteiger partial charge on any atom is -0.491 e. The van der Waals surface area contributed by atoms with Crippen LogP contribution in [0.4, 0.5) is 0 Å². The predicted octanol–water partition coefficient (Wildman–Crippen LogP) is 5.53. The maximum Gasteiger partial charge on any atom is 0.183 e. The highest BCUT2D eigenvalue weighted by Gasteiger charge is 2.45. The highest BCUT2D eigenvalue weighted by Crippen LogP contribution is 2.56. The second kappa shape index (κ2) is 11.6. The first-order valence-electron chi connectivity index (χ1n) is 14.0. The summed E-state index contributed by atoms with van der Waals surface area (Å²) >= 11 is 0. The summed E-state index contributed by atoms with van der Waals surface area (Å²) in [6.07, 6.45) is -0.164. The van der Waals surface area contributed by atoms with E-state index in [0.717, 1.165) is 11.5 Å². The molecule has 2 saturated heterocycles. The molecule has 210 valence electrons. The van der Waals surface area contributed by atoms with Gasteiger partial charge in [0.1, 0.15) is 44.7 Å². The number of hydrogen-bond donors (Lipinski definition) is 0. The second-order valence-electron chi connectivity index (χ2n) is 10.2. The van der Waals surface area contributed by atoms with Crippen molar-refractivity contribution in [2.24, 2.45) is 0 Å². The van der Waals surface area contributed by atoms with Crippen molar-refractivity contribution in [3.8, 4) is 22.6 Å². The standard InChI is InChI=1S/C34H32O7/c1-3-7-30-28(5-1)29-6-2-4-8-31(29)34(30,25-11-15-27(16-12-25)37-19-20-38-32-21-39-32)24-9-13-26(14-10-24)36-18-17-35-23-41-33-22-40-33/h1-16,32-33H,17-23H2/t32-,33+/m0/s1. The molecule has 0 bridgehead atoms. The summed E-state index contributed by atoms with van der Waals surface area (Å²) in [6.45, 7) is 3.38. The van der Waals surface area contributed by atoms with E-state index in [4.69, 9.17) is 33.2 Å². The highest BCUT2D eigenvalue weighted by atomic mass is 16.8. The smallest absolute Gasteiger partial charge is 0.183 e. The van der Waals surface area contributed by atoms with Crippen LogP contribution in [0.3, 0.4) is 0 Å². The van der Waals surface area contributed by atoms with E-state index in [1.54, 1.807) is 0 Å². The molecule has 0 N–H and O–H groups in total. The van der Waals surface area contributed by atoms with Crippen molar-refractivity contribution in [1.82, 2.24) is 0 Å². The van der Waals surface area contributed by atoms with Gasteiger partial charge in [0.25, 0.3) is 0 Å². The van der Waals surface area contributed by atoms with E-state index in [9.17, 15) is 0 Å². The van der Waals surface area contributed by atoms with Crippen molar-refractivity contribution in [3.63, 3.8) is 0 Å². The van der Waals surface area contributed by atoms with Crippen LogP contribution in [0, 0.1) is 0 Å². The molecule has 0 amide bonds. The number of ether oxygens (including phenoxy) is 7. The Hall–Kier alpha value is -3.72. The number of hydrogen-bond acceptors (Lipinski definition) is 7. The molecular formula is C34H32O7. The van der Waals surface area contributed by atoms with Crippen LogP contribution in [0.1, 0.15) is 22.3 Å². The van der Waals surface area contributed by atoms with Gasteiger partial charge in [-0.15, -0.1) is 0 Å². The molecule has 7 rings (SSSR count). The summed E-state index contributed by atoms with van der Waals surface area (Å²) in [7, 11) is 0. The summed E-state index contributed by atoms with van der Waals surface area (Å²) in [6, 6.07) is 34.2. The Morgan fingerprint density at radius 3 is 1.59 bits per heavy atom. The molecular weight excluding hydrogens is 520 g/mol. The van der Waals surface area contributed by atoms with Gasteiger partial charge >= 0.3 is 0 Å². The number of epoxide rings is 2. The molecule has 0 unspecified atom stereocenters. The SMILES string of the molecule is c1ccc2c(c1)-c1ccccc1C2(c1ccc(OCCOCO[C@@H]2CO2)cc1)c1ccc(OCCO[C@@H]2CO2)cc1. The average Bonchev–Trinajstić information content (AvgIpc) is 3.97. The van der Waals surface area contributed by atoms with Gasteiger partial charge in [-0.3, -0.25) is 0 Å². The van der Waals surface area contributed by atoms with E-state index < -0.39 is 5.41 Å². The highest BCUT2D eigenvalue weighted by molar-refractivity contribution is 5.86. The summed E-state index contributed by atoms with van der Waals surface area (Å²) in [5.74, 6) is 1.60. The van der Waals surface area contributed by atoms with Crippen LogP contribution in [0.5, 0.6) is 11.5 Å². The van der Waals surface area contributed by atoms with Gasteiger partial charge in [0.15, 0.2) is 12.6 Å². The van der Waals surface area contributed by atoms with E-state index in [-0.39, 0.29) is 19.4 Å². The molecule has 3 aliphatic rings. The minimum absolute atomic E-state index is 0.0597. The molecule has 2 atom stereocenters. The lowest BCUT2D eigenvalue weighted by molar-refractivity contribution is -0.0912. The number of rotatable bonds is 14. The fourth-order valence-corrected chi connectivity index (χ4v) is 5.64. The van der Waals surface area contributed by atoms with Crippen molar-refractivity contribution >= 4 is 0 Å². The normalized spacial score (nSPS) is 19.3. The van der Waals surface area contributed by atoms with Crippen molar-refractivity contribution in [3.05, 3.63) is 119 Å². The zero-order valence-electron chi connectivity index (χ0n) is 22.7. The first-order valence-corrected chi connectivity index (χ1v) is 14.0. The van der Waals surface area contributed by atoms with Crippen LogP contribution in [0.2, 0.25) is 0 Å². The molecule has 0 aromatic heterocycles. The van der Waals surface area contributed by atoms with Crippen molar-refractivity contribution in [2.45, 2.75) is 18.0 Å². The molecule has 1 aliphatic carbocycles. The van der Waals surface area contributed by atoms with E-state index in [0.29, 0.717) is 39.6 Å². The monoisotopic (exact) mass is 552 g/mol. The third-order valence-corrected chi connectivity index (χ3v) is 7.62. The molecule has 41 heavy (non-hydrogen) atoms. The van der Waals surface area contributed by atoms with E-state index in [1.807, 2.05) is 24.3 Å².